The van der Waals surface area contributed by atoms with Gasteiger partial charge in [-0.25, -0.2) is 0 Å². The summed E-state index contributed by atoms with van der Waals surface area (Å²) in [5.41, 5.74) is 0. The quantitative estimate of drug-likeness (QED) is 0.675. The molecule has 16 heavy (non-hydrogen) atoms. The van der Waals surface area contributed by atoms with Crippen LogP contribution in [0.1, 0.15) is 19.8 Å². The fourth-order valence-electron chi connectivity index (χ4n) is 1.69. The molecule has 0 saturated carbocycles. The molecule has 1 aliphatic rings. The van der Waals surface area contributed by atoms with Crippen LogP contribution in [-0.4, -0.2) is 49.7 Å². The van der Waals surface area contributed by atoms with Gasteiger partial charge in [0.25, 0.3) is 0 Å². The molecule has 0 radical (unpaired) electrons. The third kappa shape index (κ3) is 4.60. The van der Waals surface area contributed by atoms with Crippen molar-refractivity contribution in [1.82, 2.24) is 10.2 Å². The van der Waals surface area contributed by atoms with E-state index in [1.54, 1.807) is 0 Å². The van der Waals surface area contributed by atoms with E-state index in [4.69, 9.17) is 10.00 Å². The Morgan fingerprint density at radius 3 is 3.19 bits per heavy atom. The SMILES string of the molecule is CC[C@H]1CN(CC(=O)NCCC#N)CCO1. The highest BCUT2D eigenvalue weighted by Crippen LogP contribution is 2.07. The molecule has 1 N–H and O–H groups in total. The third-order valence-electron chi connectivity index (χ3n) is 2.60. The van der Waals surface area contributed by atoms with E-state index in [1.807, 2.05) is 6.07 Å². The van der Waals surface area contributed by atoms with Crippen LogP contribution in [0.5, 0.6) is 0 Å². The van der Waals surface area contributed by atoms with Crippen LogP contribution in [0.2, 0.25) is 0 Å². The van der Waals surface area contributed by atoms with E-state index >= 15 is 0 Å². The molecule has 0 unspecified atom stereocenters. The number of nitrogens with zero attached hydrogens (tertiary/aromatic N) is 2. The highest BCUT2D eigenvalue weighted by Gasteiger charge is 2.20. The van der Waals surface area contributed by atoms with Gasteiger partial charge in [0.05, 0.1) is 31.7 Å². The topological polar surface area (TPSA) is 65.4 Å². The maximum Gasteiger partial charge on any atom is 0.234 e. The molecular formula is C11H19N3O2. The lowest BCUT2D eigenvalue weighted by atomic mass is 10.2. The second-order valence-corrected chi connectivity index (χ2v) is 3.89. The molecule has 5 heteroatoms. The predicted octanol–water partition coefficient (Wildman–Crippen LogP) is 0.127. The van der Waals surface area contributed by atoms with Crippen molar-refractivity contribution in [2.75, 3.05) is 32.8 Å². The monoisotopic (exact) mass is 225 g/mol. The molecule has 0 aromatic rings. The molecule has 1 saturated heterocycles. The molecule has 1 atom stereocenters. The first-order valence-electron chi connectivity index (χ1n) is 5.74. The van der Waals surface area contributed by atoms with Crippen LogP contribution in [0, 0.1) is 11.3 Å². The number of morpholine rings is 1. The molecule has 0 aromatic carbocycles. The van der Waals surface area contributed by atoms with Crippen molar-refractivity contribution in [1.29, 1.82) is 5.26 Å². The minimum absolute atomic E-state index is 0.00740. The van der Waals surface area contributed by atoms with Crippen molar-refractivity contribution in [3.8, 4) is 6.07 Å². The Morgan fingerprint density at radius 2 is 2.50 bits per heavy atom. The Bertz CT molecular complexity index is 262. The summed E-state index contributed by atoms with van der Waals surface area (Å²) in [6.45, 7) is 5.26. The van der Waals surface area contributed by atoms with Gasteiger partial charge in [0.1, 0.15) is 0 Å². The molecule has 90 valence electrons. The van der Waals surface area contributed by atoms with E-state index in [9.17, 15) is 4.79 Å². The molecule has 0 bridgehead atoms. The van der Waals surface area contributed by atoms with Crippen LogP contribution in [0.4, 0.5) is 0 Å². The number of carbonyl (C=O) groups excluding carboxylic acids is 1. The van der Waals surface area contributed by atoms with Crippen molar-refractivity contribution in [3.63, 3.8) is 0 Å². The van der Waals surface area contributed by atoms with Gasteiger partial charge >= 0.3 is 0 Å². The van der Waals surface area contributed by atoms with Gasteiger partial charge in [-0.2, -0.15) is 5.26 Å². The number of nitriles is 1. The highest BCUT2D eigenvalue weighted by molar-refractivity contribution is 5.78. The van der Waals surface area contributed by atoms with Gasteiger partial charge in [-0.05, 0) is 6.42 Å². The summed E-state index contributed by atoms with van der Waals surface area (Å²) in [5.74, 6) is -0.00740. The van der Waals surface area contributed by atoms with Gasteiger partial charge in [0, 0.05) is 19.6 Å². The van der Waals surface area contributed by atoms with Crippen molar-refractivity contribution in [3.05, 3.63) is 0 Å². The summed E-state index contributed by atoms with van der Waals surface area (Å²) >= 11 is 0. The molecule has 0 aliphatic carbocycles. The van der Waals surface area contributed by atoms with Crippen LogP contribution < -0.4 is 5.32 Å². The van der Waals surface area contributed by atoms with E-state index in [0.29, 0.717) is 26.1 Å². The molecule has 5 nitrogen and oxygen atoms in total. The average Bonchev–Trinajstić information content (AvgIpc) is 2.29. The van der Waals surface area contributed by atoms with Crippen LogP contribution in [0.15, 0.2) is 0 Å². The van der Waals surface area contributed by atoms with Crippen LogP contribution >= 0.6 is 0 Å². The van der Waals surface area contributed by atoms with Crippen molar-refractivity contribution in [2.24, 2.45) is 0 Å². The van der Waals surface area contributed by atoms with Gasteiger partial charge in [-0.1, -0.05) is 6.92 Å². The number of rotatable bonds is 5. The normalized spacial score (nSPS) is 21.4. The first-order chi connectivity index (χ1) is 7.76. The molecule has 1 heterocycles. The zero-order valence-electron chi connectivity index (χ0n) is 9.74. The van der Waals surface area contributed by atoms with E-state index in [1.165, 1.54) is 0 Å². The lowest BCUT2D eigenvalue weighted by molar-refractivity contribution is -0.124. The van der Waals surface area contributed by atoms with Crippen molar-refractivity contribution < 1.29 is 9.53 Å². The number of hydrogen-bond acceptors (Lipinski definition) is 4. The van der Waals surface area contributed by atoms with Crippen LogP contribution in [0.25, 0.3) is 0 Å². The lowest BCUT2D eigenvalue weighted by Crippen LogP contribution is -2.46. The number of ether oxygens (including phenoxy) is 1. The van der Waals surface area contributed by atoms with Crippen molar-refractivity contribution in [2.45, 2.75) is 25.9 Å². The minimum Gasteiger partial charge on any atom is -0.376 e. The second kappa shape index (κ2) is 7.20. The van der Waals surface area contributed by atoms with Gasteiger partial charge in [0.15, 0.2) is 0 Å². The summed E-state index contributed by atoms with van der Waals surface area (Å²) < 4.78 is 5.52. The number of amides is 1. The zero-order valence-corrected chi connectivity index (χ0v) is 9.74. The Morgan fingerprint density at radius 1 is 1.69 bits per heavy atom. The zero-order chi connectivity index (χ0) is 11.8. The largest absolute Gasteiger partial charge is 0.376 e. The van der Waals surface area contributed by atoms with Gasteiger partial charge in [0.2, 0.25) is 5.91 Å². The van der Waals surface area contributed by atoms with E-state index in [2.05, 4.69) is 17.1 Å². The van der Waals surface area contributed by atoms with E-state index < -0.39 is 0 Å². The summed E-state index contributed by atoms with van der Waals surface area (Å²) in [5, 5.41) is 11.1. The van der Waals surface area contributed by atoms with E-state index in [0.717, 1.165) is 19.5 Å². The van der Waals surface area contributed by atoms with Crippen LogP contribution in [-0.2, 0) is 9.53 Å². The molecule has 1 rings (SSSR count). The number of nitrogens with one attached hydrogen (secondary N) is 1. The second-order valence-electron chi connectivity index (χ2n) is 3.89. The lowest BCUT2D eigenvalue weighted by Gasteiger charge is -2.31. The molecular weight excluding hydrogens is 206 g/mol. The number of carbonyl (C=O) groups is 1. The fourth-order valence-corrected chi connectivity index (χ4v) is 1.69. The minimum atomic E-state index is -0.00740. The Hall–Kier alpha value is -1.12. The van der Waals surface area contributed by atoms with Gasteiger partial charge in [-0.3, -0.25) is 9.69 Å². The predicted molar refractivity (Wildman–Crippen MR) is 59.7 cm³/mol. The molecule has 0 aromatic heterocycles. The molecule has 1 fully saturated rings. The molecule has 1 amide bonds. The van der Waals surface area contributed by atoms with Gasteiger partial charge < -0.3 is 10.1 Å². The summed E-state index contributed by atoms with van der Waals surface area (Å²) in [6, 6.07) is 1.99. The standard InChI is InChI=1S/C11H19N3O2/c1-2-10-8-14(6-7-16-10)9-11(15)13-5-3-4-12/h10H,2-3,5-9H2,1H3,(H,13,15)/t10-/m0/s1. The van der Waals surface area contributed by atoms with Crippen LogP contribution in [0.3, 0.4) is 0 Å². The highest BCUT2D eigenvalue weighted by atomic mass is 16.5. The Labute approximate surface area is 96.4 Å². The fraction of sp³-hybridized carbons (Fsp3) is 0.818. The van der Waals surface area contributed by atoms with Crippen molar-refractivity contribution >= 4 is 5.91 Å². The maximum absolute atomic E-state index is 11.5. The number of hydrogen-bond donors (Lipinski definition) is 1. The molecule has 1 aliphatic heterocycles. The van der Waals surface area contributed by atoms with E-state index in [-0.39, 0.29) is 12.0 Å². The Balaban J connectivity index is 2.20. The first kappa shape index (κ1) is 12.9. The smallest absolute Gasteiger partial charge is 0.234 e. The summed E-state index contributed by atoms with van der Waals surface area (Å²) in [4.78, 5) is 13.6. The summed E-state index contributed by atoms with van der Waals surface area (Å²) in [7, 11) is 0. The molecule has 0 spiro atoms. The maximum atomic E-state index is 11.5. The summed E-state index contributed by atoms with van der Waals surface area (Å²) in [6.07, 6.45) is 1.60. The van der Waals surface area contributed by atoms with Gasteiger partial charge in [-0.15, -0.1) is 0 Å². The Kier molecular flexibility index (Phi) is 5.83. The average molecular weight is 225 g/mol. The first-order valence-corrected chi connectivity index (χ1v) is 5.74. The third-order valence-corrected chi connectivity index (χ3v) is 2.60.